The molecule has 0 fully saturated rings. The third-order valence-electron chi connectivity index (χ3n) is 3.97. The number of ether oxygens (including phenoxy) is 1. The van der Waals surface area contributed by atoms with E-state index in [4.69, 9.17) is 4.74 Å². The first kappa shape index (κ1) is 16.7. The summed E-state index contributed by atoms with van der Waals surface area (Å²) in [5.41, 5.74) is 2.77. The molecule has 0 radical (unpaired) electrons. The van der Waals surface area contributed by atoms with Crippen molar-refractivity contribution in [2.45, 2.75) is 19.3 Å². The Morgan fingerprint density at radius 2 is 2.21 bits per heavy atom. The lowest BCUT2D eigenvalue weighted by Gasteiger charge is -2.29. The van der Waals surface area contributed by atoms with Gasteiger partial charge >= 0.3 is 0 Å². The molecule has 2 heterocycles. The van der Waals surface area contributed by atoms with Crippen molar-refractivity contribution in [3.05, 3.63) is 46.2 Å². The lowest BCUT2D eigenvalue weighted by atomic mass is 10.0. The maximum atomic E-state index is 12.1. The topological polar surface area (TPSA) is 58.6 Å². The van der Waals surface area contributed by atoms with Gasteiger partial charge in [0.1, 0.15) is 6.61 Å². The monoisotopic (exact) mass is 344 g/mol. The van der Waals surface area contributed by atoms with E-state index in [-0.39, 0.29) is 18.4 Å². The van der Waals surface area contributed by atoms with Gasteiger partial charge in [-0.2, -0.15) is 0 Å². The van der Waals surface area contributed by atoms with Crippen molar-refractivity contribution in [3.8, 4) is 0 Å². The maximum absolute atomic E-state index is 12.1. The third kappa shape index (κ3) is 3.83. The molecule has 126 valence electrons. The average molecular weight is 344 g/mol. The second kappa shape index (κ2) is 7.59. The van der Waals surface area contributed by atoms with Gasteiger partial charge in [-0.15, -0.1) is 11.3 Å². The number of hydrogen-bond donors (Lipinski definition) is 1. The van der Waals surface area contributed by atoms with Gasteiger partial charge in [0.25, 0.3) is 5.91 Å². The third-order valence-corrected chi connectivity index (χ3v) is 4.84. The molecule has 6 heteroatoms. The van der Waals surface area contributed by atoms with Crippen molar-refractivity contribution in [2.24, 2.45) is 0 Å². The fourth-order valence-corrected chi connectivity index (χ4v) is 3.62. The van der Waals surface area contributed by atoms with Crippen LogP contribution in [0, 0.1) is 0 Å². The summed E-state index contributed by atoms with van der Waals surface area (Å²) in [6.45, 7) is 0.790. The molecule has 1 aliphatic rings. The van der Waals surface area contributed by atoms with Crippen LogP contribution in [-0.2, 0) is 27.2 Å². The van der Waals surface area contributed by atoms with Crippen molar-refractivity contribution in [1.29, 1.82) is 0 Å². The van der Waals surface area contributed by atoms with Gasteiger partial charge in [0.2, 0.25) is 5.91 Å². The predicted molar refractivity (Wildman–Crippen MR) is 95.6 cm³/mol. The van der Waals surface area contributed by atoms with Crippen LogP contribution in [0.4, 0.5) is 11.4 Å². The Kier molecular flexibility index (Phi) is 5.27. The average Bonchev–Trinajstić information content (AvgIpc) is 3.07. The summed E-state index contributed by atoms with van der Waals surface area (Å²) in [5, 5.41) is 4.90. The molecule has 1 aromatic heterocycles. The summed E-state index contributed by atoms with van der Waals surface area (Å²) in [4.78, 5) is 27.1. The minimum atomic E-state index is -0.0343. The molecular weight excluding hydrogens is 324 g/mol. The number of fused-ring (bicyclic) bond motifs is 1. The zero-order chi connectivity index (χ0) is 16.9. The first-order valence-corrected chi connectivity index (χ1v) is 8.80. The molecule has 24 heavy (non-hydrogen) atoms. The number of carbonyl (C=O) groups is 2. The van der Waals surface area contributed by atoms with Gasteiger partial charge in [-0.1, -0.05) is 6.07 Å². The van der Waals surface area contributed by atoms with Crippen molar-refractivity contribution in [1.82, 2.24) is 0 Å². The van der Waals surface area contributed by atoms with Crippen LogP contribution in [0.1, 0.15) is 16.9 Å². The minimum absolute atomic E-state index is 0.0273. The molecule has 1 aromatic carbocycles. The van der Waals surface area contributed by atoms with Crippen molar-refractivity contribution >= 4 is 34.5 Å². The Hall–Kier alpha value is -2.18. The Morgan fingerprint density at radius 3 is 2.96 bits per heavy atom. The number of benzene rings is 1. The molecule has 0 aliphatic carbocycles. The lowest BCUT2D eigenvalue weighted by Crippen LogP contribution is -2.37. The van der Waals surface area contributed by atoms with Crippen molar-refractivity contribution < 1.29 is 14.3 Å². The quantitative estimate of drug-likeness (QED) is 0.907. The summed E-state index contributed by atoms with van der Waals surface area (Å²) in [5.74, 6) is -0.0616. The van der Waals surface area contributed by atoms with Gasteiger partial charge in [0, 0.05) is 29.9 Å². The fourth-order valence-electron chi connectivity index (χ4n) is 2.91. The highest BCUT2D eigenvalue weighted by Gasteiger charge is 2.22. The van der Waals surface area contributed by atoms with E-state index in [1.54, 1.807) is 16.2 Å². The molecule has 2 amide bonds. The second-order valence-corrected chi connectivity index (χ2v) is 6.76. The normalized spacial score (nSPS) is 13.5. The number of amides is 2. The number of anilines is 2. The number of methoxy groups -OCH3 is 1. The Bertz CT molecular complexity index is 728. The summed E-state index contributed by atoms with van der Waals surface area (Å²) in [6, 6.07) is 9.62. The van der Waals surface area contributed by atoms with Crippen LogP contribution < -0.4 is 10.2 Å². The Balaban J connectivity index is 1.71. The first-order valence-electron chi connectivity index (χ1n) is 7.92. The number of carbonyl (C=O) groups excluding carboxylic acids is 2. The summed E-state index contributed by atoms with van der Waals surface area (Å²) < 4.78 is 4.95. The van der Waals surface area contributed by atoms with Crippen LogP contribution in [0.15, 0.2) is 35.7 Å². The van der Waals surface area contributed by atoms with Crippen LogP contribution in [0.3, 0.4) is 0 Å². The van der Waals surface area contributed by atoms with E-state index in [9.17, 15) is 9.59 Å². The van der Waals surface area contributed by atoms with Crippen LogP contribution in [0.5, 0.6) is 0 Å². The smallest absolute Gasteiger partial charge is 0.252 e. The predicted octanol–water partition coefficient (Wildman–Crippen LogP) is 2.85. The summed E-state index contributed by atoms with van der Waals surface area (Å²) in [6.07, 6.45) is 2.20. The number of thiophene rings is 1. The molecular formula is C18H20N2O3S. The highest BCUT2D eigenvalue weighted by molar-refractivity contribution is 7.10. The van der Waals surface area contributed by atoms with E-state index in [0.29, 0.717) is 13.0 Å². The number of aryl methyl sites for hydroxylation is 1. The van der Waals surface area contributed by atoms with Gasteiger partial charge in [-0.25, -0.2) is 0 Å². The van der Waals surface area contributed by atoms with Gasteiger partial charge < -0.3 is 15.0 Å². The lowest BCUT2D eigenvalue weighted by molar-refractivity contribution is -0.122. The Labute approximate surface area is 145 Å². The standard InChI is InChI=1S/C18H20N2O3S/c1-23-12-18(22)20-8-2-4-13-10-14(6-7-16(13)20)19-17(21)11-15-5-3-9-24-15/h3,5-7,9-10H,2,4,8,11-12H2,1H3,(H,19,21). The summed E-state index contributed by atoms with van der Waals surface area (Å²) in [7, 11) is 1.52. The van der Waals surface area contributed by atoms with Crippen LogP contribution in [0.2, 0.25) is 0 Å². The van der Waals surface area contributed by atoms with Gasteiger partial charge in [0.05, 0.1) is 6.42 Å². The maximum Gasteiger partial charge on any atom is 0.252 e. The molecule has 0 bridgehead atoms. The zero-order valence-corrected chi connectivity index (χ0v) is 14.4. The molecule has 0 saturated carbocycles. The molecule has 1 N–H and O–H groups in total. The molecule has 3 rings (SSSR count). The van der Waals surface area contributed by atoms with Crippen LogP contribution in [-0.4, -0.2) is 32.1 Å². The molecule has 0 unspecified atom stereocenters. The summed E-state index contributed by atoms with van der Waals surface area (Å²) >= 11 is 1.58. The van der Waals surface area contributed by atoms with Crippen molar-refractivity contribution in [2.75, 3.05) is 30.5 Å². The van der Waals surface area contributed by atoms with Crippen molar-refractivity contribution in [3.63, 3.8) is 0 Å². The van der Waals surface area contributed by atoms with Crippen LogP contribution >= 0.6 is 11.3 Å². The van der Waals surface area contributed by atoms with E-state index < -0.39 is 0 Å². The molecule has 0 spiro atoms. The number of nitrogens with zero attached hydrogens (tertiary/aromatic N) is 1. The highest BCUT2D eigenvalue weighted by Crippen LogP contribution is 2.30. The van der Waals surface area contributed by atoms with Gasteiger partial charge in [-0.05, 0) is 48.1 Å². The van der Waals surface area contributed by atoms with E-state index in [1.165, 1.54) is 7.11 Å². The first-order chi connectivity index (χ1) is 11.7. The van der Waals surface area contributed by atoms with Gasteiger partial charge in [0.15, 0.2) is 0 Å². The van der Waals surface area contributed by atoms with E-state index in [0.717, 1.165) is 34.7 Å². The molecule has 1 aliphatic heterocycles. The van der Waals surface area contributed by atoms with E-state index >= 15 is 0 Å². The molecule has 0 saturated heterocycles. The number of nitrogens with one attached hydrogen (secondary N) is 1. The second-order valence-electron chi connectivity index (χ2n) is 5.73. The molecule has 2 aromatic rings. The zero-order valence-electron chi connectivity index (χ0n) is 13.6. The number of rotatable bonds is 5. The molecule has 0 atom stereocenters. The van der Waals surface area contributed by atoms with E-state index in [1.807, 2.05) is 35.7 Å². The highest BCUT2D eigenvalue weighted by atomic mass is 32.1. The SMILES string of the molecule is COCC(=O)N1CCCc2cc(NC(=O)Cc3cccs3)ccc21. The fraction of sp³-hybridized carbons (Fsp3) is 0.333. The number of hydrogen-bond acceptors (Lipinski definition) is 4. The Morgan fingerprint density at radius 1 is 1.33 bits per heavy atom. The largest absolute Gasteiger partial charge is 0.375 e. The molecule has 5 nitrogen and oxygen atoms in total. The van der Waals surface area contributed by atoms with Gasteiger partial charge in [-0.3, -0.25) is 9.59 Å². The van der Waals surface area contributed by atoms with E-state index in [2.05, 4.69) is 5.32 Å². The van der Waals surface area contributed by atoms with Crippen LogP contribution in [0.25, 0.3) is 0 Å². The minimum Gasteiger partial charge on any atom is -0.375 e.